The Kier molecular flexibility index (Phi) is 8.36. The number of nitrogens with zero attached hydrogens (tertiary/aromatic N) is 4. The number of carbonyl (C=O) groups is 1. The van der Waals surface area contributed by atoms with E-state index in [1.54, 1.807) is 17.0 Å². The summed E-state index contributed by atoms with van der Waals surface area (Å²) in [7, 11) is -3.84. The van der Waals surface area contributed by atoms with Gasteiger partial charge in [-0.2, -0.15) is 4.31 Å². The molecule has 1 aliphatic heterocycles. The topological polar surface area (TPSA) is 73.8 Å². The van der Waals surface area contributed by atoms with Gasteiger partial charge in [-0.3, -0.25) is 9.69 Å². The predicted octanol–water partition coefficient (Wildman–Crippen LogP) is 5.09. The van der Waals surface area contributed by atoms with Gasteiger partial charge >= 0.3 is 0 Å². The maximum Gasteiger partial charge on any atom is 0.247 e. The summed E-state index contributed by atoms with van der Waals surface area (Å²) in [6, 6.07) is 9.45. The summed E-state index contributed by atoms with van der Waals surface area (Å²) in [5.41, 5.74) is 3.07. The Morgan fingerprint density at radius 1 is 1.08 bits per heavy atom. The average Bonchev–Trinajstić information content (AvgIpc) is 3.53. The maximum atomic E-state index is 14.1. The lowest BCUT2D eigenvalue weighted by Crippen LogP contribution is -2.49. The van der Waals surface area contributed by atoms with Crippen LogP contribution in [0.4, 0.5) is 5.13 Å². The zero-order valence-electron chi connectivity index (χ0n) is 21.2. The van der Waals surface area contributed by atoms with Gasteiger partial charge in [0.2, 0.25) is 15.9 Å². The number of fused-ring (bicyclic) bond motifs is 1. The van der Waals surface area contributed by atoms with Gasteiger partial charge in [0.1, 0.15) is 6.04 Å². The molecule has 7 nitrogen and oxygen atoms in total. The number of thiazole rings is 1. The van der Waals surface area contributed by atoms with Crippen molar-refractivity contribution in [3.8, 4) is 0 Å². The number of likely N-dealkylation sites (N-methyl/N-ethyl adjacent to an activating group) is 1. The fraction of sp³-hybridized carbons (Fsp3) is 0.462. The molecular formula is C26H33ClN4O3S2. The van der Waals surface area contributed by atoms with Crippen LogP contribution in [-0.4, -0.2) is 67.3 Å². The molecule has 0 spiro atoms. The first kappa shape index (κ1) is 27.0. The molecule has 1 amide bonds. The number of hydrogen-bond acceptors (Lipinski definition) is 6. The summed E-state index contributed by atoms with van der Waals surface area (Å²) in [6.45, 7) is 11.4. The van der Waals surface area contributed by atoms with E-state index in [-0.39, 0.29) is 10.8 Å². The quantitative estimate of drug-likeness (QED) is 0.372. The molecular weight excluding hydrogens is 516 g/mol. The second-order valence-corrected chi connectivity index (χ2v) is 12.4. The van der Waals surface area contributed by atoms with Crippen LogP contribution in [0.5, 0.6) is 0 Å². The van der Waals surface area contributed by atoms with Gasteiger partial charge in [-0.25, -0.2) is 13.4 Å². The van der Waals surface area contributed by atoms with Gasteiger partial charge in [0.25, 0.3) is 0 Å². The predicted molar refractivity (Wildman–Crippen MR) is 148 cm³/mol. The van der Waals surface area contributed by atoms with Crippen LogP contribution in [-0.2, 0) is 14.8 Å². The minimum absolute atomic E-state index is 0.146. The third-order valence-electron chi connectivity index (χ3n) is 6.87. The van der Waals surface area contributed by atoms with Crippen LogP contribution in [0.2, 0.25) is 5.02 Å². The van der Waals surface area contributed by atoms with E-state index < -0.39 is 16.1 Å². The maximum absolute atomic E-state index is 14.1. The fourth-order valence-electron chi connectivity index (χ4n) is 4.64. The fourth-order valence-corrected chi connectivity index (χ4v) is 7.56. The van der Waals surface area contributed by atoms with Gasteiger partial charge in [0.05, 0.1) is 15.1 Å². The highest BCUT2D eigenvalue weighted by Gasteiger charge is 2.42. The molecule has 4 rings (SSSR count). The molecule has 10 heteroatoms. The van der Waals surface area contributed by atoms with E-state index in [0.717, 1.165) is 34.4 Å². The molecule has 1 aliphatic rings. The van der Waals surface area contributed by atoms with Gasteiger partial charge in [-0.15, -0.1) is 0 Å². The van der Waals surface area contributed by atoms with Crippen molar-refractivity contribution in [2.75, 3.05) is 37.6 Å². The van der Waals surface area contributed by atoms with E-state index in [9.17, 15) is 13.2 Å². The second-order valence-electron chi connectivity index (χ2n) is 9.12. The average molecular weight is 549 g/mol. The third kappa shape index (κ3) is 5.31. The summed E-state index contributed by atoms with van der Waals surface area (Å²) < 4.78 is 29.4. The van der Waals surface area contributed by atoms with Crippen LogP contribution in [0.3, 0.4) is 0 Å². The summed E-state index contributed by atoms with van der Waals surface area (Å²) in [4.78, 5) is 23.1. The number of halogens is 1. The number of sulfonamides is 1. The molecule has 0 radical (unpaired) electrons. The first-order valence-corrected chi connectivity index (χ1v) is 15.0. The van der Waals surface area contributed by atoms with E-state index in [4.69, 9.17) is 16.6 Å². The number of aromatic nitrogens is 1. The molecule has 0 N–H and O–H groups in total. The molecule has 194 valence electrons. The smallest absolute Gasteiger partial charge is 0.247 e. The lowest BCUT2D eigenvalue weighted by atomic mass is 10.1. The standard InChI is InChI=1S/C26H33ClN4O3S2/c1-5-29(6-2)16-17-30(26-28-23-18(3)9-10-19(4)24(23)35-26)25(32)22-8-7-15-31(22)36(33,34)21-13-11-20(27)12-14-21/h9-14,22H,5-8,15-17H2,1-4H3. The monoisotopic (exact) mass is 548 g/mol. The summed E-state index contributed by atoms with van der Waals surface area (Å²) in [5.74, 6) is -0.216. The Labute approximate surface area is 222 Å². The van der Waals surface area contributed by atoms with Crippen molar-refractivity contribution in [3.05, 3.63) is 52.5 Å². The Bertz CT molecular complexity index is 1300. The summed E-state index contributed by atoms with van der Waals surface area (Å²) in [5, 5.41) is 1.09. The lowest BCUT2D eigenvalue weighted by Gasteiger charge is -2.30. The van der Waals surface area contributed by atoms with Crippen LogP contribution in [0, 0.1) is 13.8 Å². The third-order valence-corrected chi connectivity index (χ3v) is 10.3. The number of benzene rings is 2. The largest absolute Gasteiger partial charge is 0.302 e. The van der Waals surface area contributed by atoms with E-state index in [2.05, 4.69) is 24.8 Å². The SMILES string of the molecule is CCN(CC)CCN(C(=O)C1CCCN1S(=O)(=O)c1ccc(Cl)cc1)c1nc2c(C)ccc(C)c2s1. The zero-order valence-corrected chi connectivity index (χ0v) is 23.6. The molecule has 2 aromatic carbocycles. The number of hydrogen-bond donors (Lipinski definition) is 0. The van der Waals surface area contributed by atoms with Crippen molar-refractivity contribution >= 4 is 54.2 Å². The zero-order chi connectivity index (χ0) is 26.0. The first-order chi connectivity index (χ1) is 17.2. The van der Waals surface area contributed by atoms with Gasteiger partial charge in [-0.05, 0) is 75.2 Å². The van der Waals surface area contributed by atoms with Crippen LogP contribution < -0.4 is 4.90 Å². The van der Waals surface area contributed by atoms with Crippen molar-refractivity contribution in [2.24, 2.45) is 0 Å². The molecule has 1 aromatic heterocycles. The van der Waals surface area contributed by atoms with Gasteiger partial charge < -0.3 is 4.90 Å². The molecule has 2 heterocycles. The summed E-state index contributed by atoms with van der Waals surface area (Å²) >= 11 is 7.47. The van der Waals surface area contributed by atoms with Crippen molar-refractivity contribution in [1.82, 2.24) is 14.2 Å². The Morgan fingerprint density at radius 2 is 1.75 bits per heavy atom. The lowest BCUT2D eigenvalue weighted by molar-refractivity contribution is -0.121. The van der Waals surface area contributed by atoms with Gasteiger partial charge in [-0.1, -0.05) is 48.9 Å². The summed E-state index contributed by atoms with van der Waals surface area (Å²) in [6.07, 6.45) is 1.11. The molecule has 1 atom stereocenters. The Balaban J connectivity index is 1.70. The number of aryl methyl sites for hydroxylation is 2. The molecule has 1 saturated heterocycles. The first-order valence-electron chi connectivity index (χ1n) is 12.3. The minimum Gasteiger partial charge on any atom is -0.302 e. The van der Waals surface area contributed by atoms with E-state index >= 15 is 0 Å². The van der Waals surface area contributed by atoms with Gasteiger partial charge in [0.15, 0.2) is 5.13 Å². The second kappa shape index (κ2) is 11.1. The number of carbonyl (C=O) groups excluding carboxylic acids is 1. The van der Waals surface area contributed by atoms with Crippen LogP contribution in [0.25, 0.3) is 10.2 Å². The normalized spacial score (nSPS) is 16.8. The van der Waals surface area contributed by atoms with Crippen molar-refractivity contribution in [2.45, 2.75) is 51.5 Å². The Hall–Kier alpha value is -2.04. The van der Waals surface area contributed by atoms with Gasteiger partial charge in [0, 0.05) is 24.7 Å². The number of anilines is 1. The van der Waals surface area contributed by atoms with Crippen molar-refractivity contribution in [3.63, 3.8) is 0 Å². The molecule has 1 fully saturated rings. The van der Waals surface area contributed by atoms with Crippen molar-refractivity contribution in [1.29, 1.82) is 0 Å². The molecule has 36 heavy (non-hydrogen) atoms. The van der Waals surface area contributed by atoms with Crippen LogP contribution >= 0.6 is 22.9 Å². The van der Waals surface area contributed by atoms with E-state index in [1.165, 1.54) is 27.8 Å². The van der Waals surface area contributed by atoms with Crippen molar-refractivity contribution < 1.29 is 13.2 Å². The molecule has 3 aromatic rings. The Morgan fingerprint density at radius 3 is 2.39 bits per heavy atom. The molecule has 1 unspecified atom stereocenters. The highest BCUT2D eigenvalue weighted by molar-refractivity contribution is 7.89. The van der Waals surface area contributed by atoms with Crippen LogP contribution in [0.15, 0.2) is 41.3 Å². The minimum atomic E-state index is -3.84. The molecule has 0 saturated carbocycles. The van der Waals surface area contributed by atoms with E-state index in [0.29, 0.717) is 42.6 Å². The number of amides is 1. The van der Waals surface area contributed by atoms with Crippen LogP contribution in [0.1, 0.15) is 37.8 Å². The molecule has 0 aliphatic carbocycles. The highest BCUT2D eigenvalue weighted by Crippen LogP contribution is 2.35. The highest BCUT2D eigenvalue weighted by atomic mass is 35.5. The van der Waals surface area contributed by atoms with E-state index in [1.807, 2.05) is 19.9 Å². The molecule has 0 bridgehead atoms. The number of rotatable bonds is 9.